The van der Waals surface area contributed by atoms with E-state index in [0.717, 1.165) is 16.7 Å². The average Bonchev–Trinajstić information content (AvgIpc) is 3.28. The first-order valence-electron chi connectivity index (χ1n) is 9.64. The van der Waals surface area contributed by atoms with E-state index in [1.165, 1.54) is 38.5 Å². The van der Waals surface area contributed by atoms with Crippen LogP contribution in [0.25, 0.3) is 0 Å². The minimum absolute atomic E-state index is 0.0166. The highest BCUT2D eigenvalue weighted by atomic mass is 32.1. The van der Waals surface area contributed by atoms with Crippen molar-refractivity contribution in [2.24, 2.45) is 29.2 Å². The van der Waals surface area contributed by atoms with Gasteiger partial charge >= 0.3 is 0 Å². The van der Waals surface area contributed by atoms with Crippen molar-refractivity contribution in [1.29, 1.82) is 0 Å². The van der Waals surface area contributed by atoms with Crippen LogP contribution in [0.4, 0.5) is 0 Å². The lowest BCUT2D eigenvalue weighted by Crippen LogP contribution is -2.45. The zero-order valence-corrected chi connectivity index (χ0v) is 15.8. The Morgan fingerprint density at radius 2 is 2.16 bits per heavy atom. The molecule has 2 aliphatic rings. The Bertz CT molecular complexity index is 572. The lowest BCUT2D eigenvalue weighted by molar-refractivity contribution is -0.129. The number of carbonyl (C=O) groups excluding carboxylic acids is 1. The van der Waals surface area contributed by atoms with Crippen LogP contribution in [0.3, 0.4) is 0 Å². The molecule has 138 valence electrons. The average molecular weight is 362 g/mol. The zero-order valence-electron chi connectivity index (χ0n) is 15.0. The van der Waals surface area contributed by atoms with Crippen molar-refractivity contribution in [3.63, 3.8) is 0 Å². The van der Waals surface area contributed by atoms with Gasteiger partial charge in [0.05, 0.1) is 12.7 Å². The Balaban J connectivity index is 1.60. The third-order valence-corrected chi connectivity index (χ3v) is 6.75. The van der Waals surface area contributed by atoms with Crippen molar-refractivity contribution >= 4 is 17.2 Å². The van der Waals surface area contributed by atoms with Gasteiger partial charge in [-0.15, -0.1) is 11.3 Å². The van der Waals surface area contributed by atoms with Crippen LogP contribution in [-0.4, -0.2) is 23.5 Å². The molecule has 2 aliphatic carbocycles. The highest BCUT2D eigenvalue weighted by Gasteiger charge is 2.32. The van der Waals surface area contributed by atoms with Crippen LogP contribution in [-0.2, 0) is 11.3 Å². The summed E-state index contributed by atoms with van der Waals surface area (Å²) in [6.07, 6.45) is 12.2. The maximum Gasteiger partial charge on any atom is 0.247 e. The van der Waals surface area contributed by atoms with Crippen LogP contribution in [0.2, 0.25) is 0 Å². The molecule has 25 heavy (non-hydrogen) atoms. The van der Waals surface area contributed by atoms with E-state index < -0.39 is 0 Å². The van der Waals surface area contributed by atoms with E-state index in [1.807, 2.05) is 17.5 Å². The minimum Gasteiger partial charge on any atom is -0.330 e. The van der Waals surface area contributed by atoms with Gasteiger partial charge < -0.3 is 16.4 Å². The summed E-state index contributed by atoms with van der Waals surface area (Å²) in [7, 11) is 0. The number of hydrogen-bond acceptors (Lipinski definition) is 4. The molecule has 0 aromatic carbocycles. The Morgan fingerprint density at radius 1 is 1.32 bits per heavy atom. The van der Waals surface area contributed by atoms with Crippen LogP contribution < -0.4 is 11.5 Å². The number of allylic oxidation sites excluding steroid dienone is 1. The quantitative estimate of drug-likeness (QED) is 0.577. The smallest absolute Gasteiger partial charge is 0.247 e. The van der Waals surface area contributed by atoms with Crippen molar-refractivity contribution in [3.8, 4) is 0 Å². The van der Waals surface area contributed by atoms with E-state index in [2.05, 4.69) is 6.08 Å². The summed E-state index contributed by atoms with van der Waals surface area (Å²) in [6, 6.07) is 4.05. The summed E-state index contributed by atoms with van der Waals surface area (Å²) in [6.45, 7) is 1.06. The number of rotatable bonds is 7. The summed E-state index contributed by atoms with van der Waals surface area (Å²) in [5.74, 6) is 2.41. The highest BCUT2D eigenvalue weighted by molar-refractivity contribution is 7.09. The lowest BCUT2D eigenvalue weighted by Gasteiger charge is -2.30. The fraction of sp³-hybridized carbons (Fsp3) is 0.650. The largest absolute Gasteiger partial charge is 0.330 e. The Hall–Kier alpha value is -1.17. The van der Waals surface area contributed by atoms with Crippen molar-refractivity contribution < 1.29 is 4.79 Å². The molecule has 5 heteroatoms. The molecule has 4 N–H and O–H groups in total. The molecule has 1 heterocycles. The van der Waals surface area contributed by atoms with E-state index in [-0.39, 0.29) is 12.1 Å². The molecule has 3 rings (SSSR count). The molecule has 1 amide bonds. The molecule has 2 fully saturated rings. The fourth-order valence-corrected chi connectivity index (χ4v) is 5.19. The van der Waals surface area contributed by atoms with E-state index in [1.54, 1.807) is 22.3 Å². The molecule has 1 aromatic heterocycles. The summed E-state index contributed by atoms with van der Waals surface area (Å²) in [4.78, 5) is 15.7. The summed E-state index contributed by atoms with van der Waals surface area (Å²) >= 11 is 1.66. The molecule has 1 aromatic rings. The van der Waals surface area contributed by atoms with Gasteiger partial charge in [0.25, 0.3) is 0 Å². The fourth-order valence-electron chi connectivity index (χ4n) is 4.48. The van der Waals surface area contributed by atoms with Crippen LogP contribution in [0.15, 0.2) is 29.7 Å². The monoisotopic (exact) mass is 361 g/mol. The maximum atomic E-state index is 12.8. The molecular weight excluding hydrogens is 330 g/mol. The summed E-state index contributed by atoms with van der Waals surface area (Å²) in [5.41, 5.74) is 11.9. The minimum atomic E-state index is -0.324. The van der Waals surface area contributed by atoms with E-state index in [0.29, 0.717) is 25.4 Å². The molecule has 4 nitrogen and oxygen atoms in total. The van der Waals surface area contributed by atoms with Crippen molar-refractivity contribution in [2.45, 2.75) is 57.7 Å². The predicted molar refractivity (Wildman–Crippen MR) is 104 cm³/mol. The van der Waals surface area contributed by atoms with E-state index in [9.17, 15) is 4.79 Å². The second-order valence-electron chi connectivity index (χ2n) is 7.57. The second-order valence-corrected chi connectivity index (χ2v) is 8.61. The Kier molecular flexibility index (Phi) is 6.68. The van der Waals surface area contributed by atoms with Crippen molar-refractivity contribution in [3.05, 3.63) is 34.5 Å². The number of amides is 1. The predicted octanol–water partition coefficient (Wildman–Crippen LogP) is 3.48. The van der Waals surface area contributed by atoms with E-state index >= 15 is 0 Å². The molecule has 2 saturated carbocycles. The SMILES string of the molecule is NCCC(N)N(Cc1cccs1)C(=O)/C=C/C1CCC2CCCC2C1. The molecule has 0 spiro atoms. The topological polar surface area (TPSA) is 72.3 Å². The number of fused-ring (bicyclic) bond motifs is 1. The van der Waals surface area contributed by atoms with Gasteiger partial charge in [0.1, 0.15) is 0 Å². The standard InChI is InChI=1S/C20H31N3OS/c21-11-10-19(22)23(14-18-5-2-12-25-18)20(24)9-7-15-6-8-16-3-1-4-17(16)13-15/h2,5,7,9,12,15-17,19H,1,3-4,6,8,10-11,13-14,21-22H2/b9-7+. The van der Waals surface area contributed by atoms with Gasteiger partial charge in [0.2, 0.25) is 5.91 Å². The van der Waals surface area contributed by atoms with Crippen LogP contribution >= 0.6 is 11.3 Å². The highest BCUT2D eigenvalue weighted by Crippen LogP contribution is 2.44. The number of carbonyl (C=O) groups is 1. The van der Waals surface area contributed by atoms with Crippen molar-refractivity contribution in [2.75, 3.05) is 6.54 Å². The Morgan fingerprint density at radius 3 is 2.92 bits per heavy atom. The first-order valence-corrected chi connectivity index (χ1v) is 10.5. The Labute approximate surface area is 155 Å². The first-order chi connectivity index (χ1) is 12.2. The molecule has 0 aliphatic heterocycles. The molecule has 0 saturated heterocycles. The van der Waals surface area contributed by atoms with Gasteiger partial charge in [-0.25, -0.2) is 0 Å². The third-order valence-electron chi connectivity index (χ3n) is 5.89. The summed E-state index contributed by atoms with van der Waals surface area (Å²) in [5, 5.41) is 2.03. The number of nitrogens with two attached hydrogens (primary N) is 2. The van der Waals surface area contributed by atoms with Crippen LogP contribution in [0.5, 0.6) is 0 Å². The van der Waals surface area contributed by atoms with Gasteiger partial charge in [0, 0.05) is 4.88 Å². The van der Waals surface area contributed by atoms with Gasteiger partial charge in [-0.05, 0) is 67.5 Å². The van der Waals surface area contributed by atoms with Gasteiger partial charge in [-0.2, -0.15) is 0 Å². The second kappa shape index (κ2) is 8.97. The van der Waals surface area contributed by atoms with Gasteiger partial charge in [-0.1, -0.05) is 31.4 Å². The molecule has 0 bridgehead atoms. The molecular formula is C20H31N3OS. The van der Waals surface area contributed by atoms with Gasteiger partial charge in [0.15, 0.2) is 0 Å². The number of thiophene rings is 1. The van der Waals surface area contributed by atoms with Crippen LogP contribution in [0, 0.1) is 17.8 Å². The summed E-state index contributed by atoms with van der Waals surface area (Å²) < 4.78 is 0. The maximum absolute atomic E-state index is 12.8. The van der Waals surface area contributed by atoms with Gasteiger partial charge in [-0.3, -0.25) is 4.79 Å². The molecule has 4 atom stereocenters. The number of nitrogens with zero attached hydrogens (tertiary/aromatic N) is 1. The van der Waals surface area contributed by atoms with Crippen molar-refractivity contribution in [1.82, 2.24) is 4.90 Å². The normalized spacial score (nSPS) is 27.4. The van der Waals surface area contributed by atoms with Crippen LogP contribution in [0.1, 0.15) is 49.8 Å². The zero-order chi connectivity index (χ0) is 17.6. The molecule has 0 radical (unpaired) electrons. The molecule has 4 unspecified atom stereocenters. The lowest BCUT2D eigenvalue weighted by atomic mass is 9.76. The third kappa shape index (κ3) is 4.93. The van der Waals surface area contributed by atoms with E-state index in [4.69, 9.17) is 11.5 Å². The first kappa shape index (κ1) is 18.6. The number of hydrogen-bond donors (Lipinski definition) is 2.